The number of aliphatic hydroxyl groups is 1. The first-order valence-corrected chi connectivity index (χ1v) is 7.96. The number of benzene rings is 1. The zero-order valence-corrected chi connectivity index (χ0v) is 12.9. The van der Waals surface area contributed by atoms with Crippen molar-refractivity contribution in [3.05, 3.63) is 40.4 Å². The summed E-state index contributed by atoms with van der Waals surface area (Å²) in [6.07, 6.45) is 4.06. The Balaban J connectivity index is 1.74. The lowest BCUT2D eigenvalue weighted by Gasteiger charge is -2.14. The van der Waals surface area contributed by atoms with Crippen molar-refractivity contribution in [2.24, 2.45) is 0 Å². The molecule has 0 spiro atoms. The van der Waals surface area contributed by atoms with Crippen LogP contribution in [-0.2, 0) is 0 Å². The average molecular weight is 323 g/mol. The van der Waals surface area contributed by atoms with E-state index in [2.05, 4.69) is 10.3 Å². The maximum atomic E-state index is 12.2. The number of carbonyl (C=O) groups is 1. The predicted molar refractivity (Wildman–Crippen MR) is 83.7 cm³/mol. The molecular formula is C15H15ClN2O2S. The molecule has 21 heavy (non-hydrogen) atoms. The summed E-state index contributed by atoms with van der Waals surface area (Å²) < 4.78 is 0. The number of aromatic nitrogens is 1. The maximum absolute atomic E-state index is 12.2. The van der Waals surface area contributed by atoms with Gasteiger partial charge in [-0.05, 0) is 31.4 Å². The van der Waals surface area contributed by atoms with Crippen LogP contribution in [-0.4, -0.2) is 28.1 Å². The number of halogens is 1. The number of thiazole rings is 1. The molecule has 1 aliphatic rings. The Morgan fingerprint density at radius 2 is 2.29 bits per heavy atom. The molecule has 0 unspecified atom stereocenters. The molecule has 0 atom stereocenters. The number of nitrogens with one attached hydrogen (secondary N) is 1. The summed E-state index contributed by atoms with van der Waals surface area (Å²) in [5, 5.41) is 13.5. The third-order valence-corrected chi connectivity index (χ3v) is 4.90. The Labute approximate surface area is 131 Å². The fourth-order valence-corrected chi connectivity index (χ4v) is 3.24. The number of rotatable bonds is 5. The van der Waals surface area contributed by atoms with Crippen LogP contribution in [0.1, 0.15) is 28.9 Å². The van der Waals surface area contributed by atoms with Gasteiger partial charge in [0.15, 0.2) is 0 Å². The first-order valence-electron chi connectivity index (χ1n) is 6.77. The van der Waals surface area contributed by atoms with Crippen LogP contribution in [0.15, 0.2) is 30.5 Å². The smallest absolute Gasteiger partial charge is 0.263 e. The van der Waals surface area contributed by atoms with Crippen LogP contribution in [0.25, 0.3) is 10.6 Å². The van der Waals surface area contributed by atoms with Crippen LogP contribution in [0.4, 0.5) is 0 Å². The Bertz CT molecular complexity index is 667. The van der Waals surface area contributed by atoms with Crippen molar-refractivity contribution in [1.29, 1.82) is 0 Å². The Morgan fingerprint density at radius 1 is 1.48 bits per heavy atom. The van der Waals surface area contributed by atoms with Gasteiger partial charge < -0.3 is 10.4 Å². The van der Waals surface area contributed by atoms with E-state index < -0.39 is 0 Å². The van der Waals surface area contributed by atoms with Gasteiger partial charge in [0.1, 0.15) is 9.88 Å². The Morgan fingerprint density at radius 3 is 2.95 bits per heavy atom. The zero-order valence-electron chi connectivity index (χ0n) is 11.3. The van der Waals surface area contributed by atoms with Crippen LogP contribution >= 0.6 is 22.9 Å². The van der Waals surface area contributed by atoms with Gasteiger partial charge in [-0.3, -0.25) is 4.79 Å². The number of amides is 1. The largest absolute Gasteiger partial charge is 0.396 e. The number of carbonyl (C=O) groups excluding carboxylic acids is 1. The van der Waals surface area contributed by atoms with Crippen LogP contribution < -0.4 is 5.32 Å². The third kappa shape index (κ3) is 3.26. The summed E-state index contributed by atoms with van der Waals surface area (Å²) >= 11 is 7.31. The summed E-state index contributed by atoms with van der Waals surface area (Å²) in [6, 6.07) is 7.41. The lowest BCUT2D eigenvalue weighted by atomic mass is 10.2. The third-order valence-electron chi connectivity index (χ3n) is 3.62. The minimum Gasteiger partial charge on any atom is -0.396 e. The van der Waals surface area contributed by atoms with Crippen molar-refractivity contribution in [3.63, 3.8) is 0 Å². The second-order valence-corrected chi connectivity index (χ2v) is 6.72. The van der Waals surface area contributed by atoms with Crippen molar-refractivity contribution in [2.75, 3.05) is 6.61 Å². The molecule has 0 aliphatic heterocycles. The molecule has 1 aromatic heterocycles. The second kappa shape index (κ2) is 5.75. The molecule has 6 heteroatoms. The van der Waals surface area contributed by atoms with E-state index in [-0.39, 0.29) is 18.1 Å². The van der Waals surface area contributed by atoms with E-state index in [1.165, 1.54) is 11.3 Å². The van der Waals surface area contributed by atoms with Crippen molar-refractivity contribution in [3.8, 4) is 10.6 Å². The molecule has 2 N–H and O–H groups in total. The number of hydrogen-bond acceptors (Lipinski definition) is 4. The monoisotopic (exact) mass is 322 g/mol. The molecule has 1 fully saturated rings. The van der Waals surface area contributed by atoms with E-state index in [0.717, 1.165) is 23.4 Å². The van der Waals surface area contributed by atoms with Gasteiger partial charge in [-0.15, -0.1) is 11.3 Å². The lowest BCUT2D eigenvalue weighted by molar-refractivity contribution is 0.0927. The van der Waals surface area contributed by atoms with Gasteiger partial charge in [-0.1, -0.05) is 23.7 Å². The van der Waals surface area contributed by atoms with E-state index in [1.54, 1.807) is 12.3 Å². The standard InChI is InChI=1S/C15H15ClN2O2S/c16-11-3-1-2-10(8-11)14-17-9-12(21-14)13(20)18-15(4-5-15)6-7-19/h1-3,8-9,19H,4-7H2,(H,18,20). The summed E-state index contributed by atoms with van der Waals surface area (Å²) in [7, 11) is 0. The zero-order chi connectivity index (χ0) is 14.9. The lowest BCUT2D eigenvalue weighted by Crippen LogP contribution is -2.37. The van der Waals surface area contributed by atoms with Gasteiger partial charge in [-0.25, -0.2) is 4.98 Å². The fourth-order valence-electron chi connectivity index (χ4n) is 2.24. The second-order valence-electron chi connectivity index (χ2n) is 5.25. The fraction of sp³-hybridized carbons (Fsp3) is 0.333. The number of nitrogens with zero attached hydrogens (tertiary/aromatic N) is 1. The molecule has 2 aromatic rings. The van der Waals surface area contributed by atoms with Gasteiger partial charge in [0.2, 0.25) is 0 Å². The predicted octanol–water partition coefficient (Wildman–Crippen LogP) is 3.11. The van der Waals surface area contributed by atoms with Crippen LogP contribution in [0.5, 0.6) is 0 Å². The molecule has 4 nitrogen and oxygen atoms in total. The average Bonchev–Trinajstić information content (AvgIpc) is 3.04. The highest BCUT2D eigenvalue weighted by molar-refractivity contribution is 7.16. The molecule has 3 rings (SSSR count). The van der Waals surface area contributed by atoms with Crippen LogP contribution in [0.2, 0.25) is 5.02 Å². The molecule has 1 saturated carbocycles. The molecule has 0 bridgehead atoms. The number of hydrogen-bond donors (Lipinski definition) is 2. The quantitative estimate of drug-likeness (QED) is 0.889. The molecule has 1 amide bonds. The van der Waals surface area contributed by atoms with Gasteiger partial charge in [0.25, 0.3) is 5.91 Å². The van der Waals surface area contributed by atoms with Crippen molar-refractivity contribution >= 4 is 28.8 Å². The first-order chi connectivity index (χ1) is 10.1. The van der Waals surface area contributed by atoms with E-state index in [9.17, 15) is 4.79 Å². The Kier molecular flexibility index (Phi) is 3.97. The van der Waals surface area contributed by atoms with E-state index in [0.29, 0.717) is 16.3 Å². The van der Waals surface area contributed by atoms with E-state index in [4.69, 9.17) is 16.7 Å². The van der Waals surface area contributed by atoms with Gasteiger partial charge >= 0.3 is 0 Å². The summed E-state index contributed by atoms with van der Waals surface area (Å²) in [5.41, 5.74) is 0.703. The van der Waals surface area contributed by atoms with Gasteiger partial charge in [0, 0.05) is 22.7 Å². The van der Waals surface area contributed by atoms with Crippen molar-refractivity contribution in [1.82, 2.24) is 10.3 Å². The molecule has 1 aromatic carbocycles. The summed E-state index contributed by atoms with van der Waals surface area (Å²) in [5.74, 6) is -0.119. The molecule has 1 aliphatic carbocycles. The number of aliphatic hydroxyl groups excluding tert-OH is 1. The molecule has 0 radical (unpaired) electrons. The van der Waals surface area contributed by atoms with E-state index in [1.807, 2.05) is 18.2 Å². The van der Waals surface area contributed by atoms with Crippen molar-refractivity contribution < 1.29 is 9.90 Å². The van der Waals surface area contributed by atoms with Crippen LogP contribution in [0.3, 0.4) is 0 Å². The minimum atomic E-state index is -0.202. The highest BCUT2D eigenvalue weighted by atomic mass is 35.5. The minimum absolute atomic E-state index is 0.0940. The molecule has 110 valence electrons. The molecule has 0 saturated heterocycles. The molecular weight excluding hydrogens is 308 g/mol. The van der Waals surface area contributed by atoms with Gasteiger partial charge in [-0.2, -0.15) is 0 Å². The maximum Gasteiger partial charge on any atom is 0.263 e. The normalized spacial score (nSPS) is 15.7. The Hall–Kier alpha value is -1.43. The molecule has 1 heterocycles. The summed E-state index contributed by atoms with van der Waals surface area (Å²) in [6.45, 7) is 0.0940. The summed E-state index contributed by atoms with van der Waals surface area (Å²) in [4.78, 5) is 17.1. The van der Waals surface area contributed by atoms with Gasteiger partial charge in [0.05, 0.1) is 6.20 Å². The van der Waals surface area contributed by atoms with Crippen LogP contribution in [0, 0.1) is 0 Å². The van der Waals surface area contributed by atoms with E-state index >= 15 is 0 Å². The topological polar surface area (TPSA) is 62.2 Å². The first kappa shape index (κ1) is 14.5. The van der Waals surface area contributed by atoms with Crippen molar-refractivity contribution in [2.45, 2.75) is 24.8 Å². The SMILES string of the molecule is O=C(NC1(CCO)CC1)c1cnc(-c2cccc(Cl)c2)s1. The highest BCUT2D eigenvalue weighted by Gasteiger charge is 2.43. The highest BCUT2D eigenvalue weighted by Crippen LogP contribution is 2.39.